The van der Waals surface area contributed by atoms with Crippen molar-refractivity contribution in [2.45, 2.75) is 19.8 Å². The van der Waals surface area contributed by atoms with E-state index in [1.165, 1.54) is 20.3 Å². The zero-order valence-corrected chi connectivity index (χ0v) is 18.7. The number of nitrogens with one attached hydrogen (secondary N) is 1. The second-order valence-electron chi connectivity index (χ2n) is 6.86. The van der Waals surface area contributed by atoms with Crippen molar-refractivity contribution in [2.24, 2.45) is 0 Å². The van der Waals surface area contributed by atoms with Gasteiger partial charge in [0.05, 0.1) is 32.1 Å². The van der Waals surface area contributed by atoms with E-state index < -0.39 is 17.8 Å². The van der Waals surface area contributed by atoms with Crippen molar-refractivity contribution in [1.82, 2.24) is 0 Å². The van der Waals surface area contributed by atoms with Crippen LogP contribution in [-0.4, -0.2) is 38.6 Å². The average molecular weight is 459 g/mol. The summed E-state index contributed by atoms with van der Waals surface area (Å²) in [5.74, 6) is -1.01. The minimum atomic E-state index is -0.693. The summed E-state index contributed by atoms with van der Waals surface area (Å²) in [6.45, 7) is 2.37. The number of carbonyl (C=O) groups excluding carboxylic acids is 3. The van der Waals surface area contributed by atoms with E-state index in [4.69, 9.17) is 25.8 Å². The molecule has 2 aromatic rings. The van der Waals surface area contributed by atoms with E-state index in [2.05, 4.69) is 5.32 Å². The van der Waals surface area contributed by atoms with Gasteiger partial charge >= 0.3 is 5.97 Å². The Hall–Kier alpha value is -3.52. The van der Waals surface area contributed by atoms with Crippen LogP contribution in [-0.2, 0) is 14.3 Å². The fourth-order valence-corrected chi connectivity index (χ4v) is 3.24. The molecule has 0 unspecified atom stereocenters. The molecule has 0 radical (unpaired) electrons. The first-order chi connectivity index (χ1) is 15.4. The quantitative estimate of drug-likeness (QED) is 0.343. The van der Waals surface area contributed by atoms with Gasteiger partial charge in [-0.2, -0.15) is 0 Å². The largest absolute Gasteiger partial charge is 0.497 e. The van der Waals surface area contributed by atoms with E-state index in [1.807, 2.05) is 6.92 Å². The molecule has 168 valence electrons. The van der Waals surface area contributed by atoms with Gasteiger partial charge in [-0.3, -0.25) is 9.59 Å². The van der Waals surface area contributed by atoms with Gasteiger partial charge in [0.2, 0.25) is 0 Å². The highest BCUT2D eigenvalue weighted by atomic mass is 35.5. The van der Waals surface area contributed by atoms with Gasteiger partial charge in [-0.25, -0.2) is 9.69 Å². The molecule has 0 aliphatic carbocycles. The Kier molecular flexibility index (Phi) is 7.37. The van der Waals surface area contributed by atoms with Crippen LogP contribution in [0.1, 0.15) is 30.1 Å². The van der Waals surface area contributed by atoms with Gasteiger partial charge in [0.25, 0.3) is 11.8 Å². The number of amides is 2. The number of esters is 1. The summed E-state index contributed by atoms with van der Waals surface area (Å²) >= 11 is 6.20. The number of anilines is 2. The molecule has 1 aliphatic heterocycles. The van der Waals surface area contributed by atoms with E-state index >= 15 is 0 Å². The third-order valence-corrected chi connectivity index (χ3v) is 5.13. The molecule has 0 saturated heterocycles. The fraction of sp³-hybridized carbons (Fsp3) is 0.261. The van der Waals surface area contributed by atoms with E-state index in [-0.39, 0.29) is 16.4 Å². The van der Waals surface area contributed by atoms with Gasteiger partial charge in [-0.05, 0) is 42.8 Å². The Morgan fingerprint density at radius 3 is 2.38 bits per heavy atom. The Balaban J connectivity index is 1.79. The first kappa shape index (κ1) is 23.1. The smallest absolute Gasteiger partial charge is 0.338 e. The summed E-state index contributed by atoms with van der Waals surface area (Å²) in [6.07, 6.45) is 1.72. The Bertz CT molecular complexity index is 1060. The highest BCUT2D eigenvalue weighted by Gasteiger charge is 2.40. The second kappa shape index (κ2) is 10.2. The van der Waals surface area contributed by atoms with E-state index in [0.29, 0.717) is 29.4 Å². The van der Waals surface area contributed by atoms with Gasteiger partial charge in [0.1, 0.15) is 22.2 Å². The summed E-state index contributed by atoms with van der Waals surface area (Å²) < 4.78 is 15.7. The van der Waals surface area contributed by atoms with Crippen molar-refractivity contribution in [2.75, 3.05) is 31.0 Å². The normalized spacial score (nSPS) is 13.4. The molecular weight excluding hydrogens is 436 g/mol. The molecule has 32 heavy (non-hydrogen) atoms. The summed E-state index contributed by atoms with van der Waals surface area (Å²) in [5.41, 5.74) is 0.981. The number of imide groups is 1. The predicted molar refractivity (Wildman–Crippen MR) is 120 cm³/mol. The second-order valence-corrected chi connectivity index (χ2v) is 7.24. The van der Waals surface area contributed by atoms with Crippen molar-refractivity contribution in [3.05, 3.63) is 58.8 Å². The van der Waals surface area contributed by atoms with Crippen LogP contribution in [0.4, 0.5) is 11.4 Å². The van der Waals surface area contributed by atoms with Crippen molar-refractivity contribution in [3.8, 4) is 11.5 Å². The number of ether oxygens (including phenoxy) is 3. The molecule has 2 amide bonds. The highest BCUT2D eigenvalue weighted by molar-refractivity contribution is 6.53. The summed E-state index contributed by atoms with van der Waals surface area (Å²) in [5, 5.41) is 2.61. The monoisotopic (exact) mass is 458 g/mol. The van der Waals surface area contributed by atoms with Gasteiger partial charge < -0.3 is 19.5 Å². The van der Waals surface area contributed by atoms with Crippen LogP contribution in [0, 0.1) is 0 Å². The van der Waals surface area contributed by atoms with Crippen molar-refractivity contribution in [3.63, 3.8) is 0 Å². The van der Waals surface area contributed by atoms with Gasteiger partial charge in [-0.1, -0.05) is 24.9 Å². The highest BCUT2D eigenvalue weighted by Crippen LogP contribution is 2.37. The molecule has 8 nitrogen and oxygen atoms in total. The summed E-state index contributed by atoms with van der Waals surface area (Å²) in [7, 11) is 2.90. The molecule has 1 aliphatic rings. The molecule has 0 aromatic heterocycles. The lowest BCUT2D eigenvalue weighted by molar-refractivity contribution is -0.120. The van der Waals surface area contributed by atoms with Crippen LogP contribution in [0.5, 0.6) is 11.5 Å². The maximum Gasteiger partial charge on any atom is 0.338 e. The number of methoxy groups -OCH3 is 2. The van der Waals surface area contributed by atoms with Crippen LogP contribution in [0.3, 0.4) is 0 Å². The SMILES string of the molecule is CCCCOC(=O)c1ccc(NC2=C(Cl)C(=O)N(c3cc(OC)ccc3OC)C2=O)cc1. The molecule has 3 rings (SSSR count). The summed E-state index contributed by atoms with van der Waals surface area (Å²) in [4.78, 5) is 38.8. The Morgan fingerprint density at radius 1 is 1.03 bits per heavy atom. The third kappa shape index (κ3) is 4.70. The number of unbranched alkanes of at least 4 members (excludes halogenated alkanes) is 1. The van der Waals surface area contributed by atoms with E-state index in [1.54, 1.807) is 36.4 Å². The fourth-order valence-electron chi connectivity index (χ4n) is 3.03. The number of rotatable bonds is 9. The number of carbonyl (C=O) groups is 3. The maximum absolute atomic E-state index is 13.1. The van der Waals surface area contributed by atoms with Crippen LogP contribution >= 0.6 is 11.6 Å². The molecule has 0 spiro atoms. The minimum Gasteiger partial charge on any atom is -0.497 e. The van der Waals surface area contributed by atoms with Crippen LogP contribution < -0.4 is 19.7 Å². The molecule has 2 aromatic carbocycles. The van der Waals surface area contributed by atoms with E-state index in [9.17, 15) is 14.4 Å². The third-order valence-electron chi connectivity index (χ3n) is 4.78. The number of hydrogen-bond acceptors (Lipinski definition) is 7. The number of hydrogen-bond donors (Lipinski definition) is 1. The summed E-state index contributed by atoms with van der Waals surface area (Å²) in [6, 6.07) is 11.1. The first-order valence-corrected chi connectivity index (χ1v) is 10.3. The zero-order valence-electron chi connectivity index (χ0n) is 17.9. The van der Waals surface area contributed by atoms with Gasteiger partial charge in [0, 0.05) is 11.8 Å². The van der Waals surface area contributed by atoms with Crippen LogP contribution in [0.2, 0.25) is 0 Å². The minimum absolute atomic E-state index is 0.0835. The number of benzene rings is 2. The van der Waals surface area contributed by atoms with Crippen LogP contribution in [0.25, 0.3) is 0 Å². The molecular formula is C23H23ClN2O6. The zero-order chi connectivity index (χ0) is 23.3. The molecule has 0 atom stereocenters. The Labute approximate surface area is 190 Å². The number of halogens is 1. The number of nitrogens with zero attached hydrogens (tertiary/aromatic N) is 1. The molecule has 0 bridgehead atoms. The van der Waals surface area contributed by atoms with Crippen molar-refractivity contribution < 1.29 is 28.6 Å². The topological polar surface area (TPSA) is 94.2 Å². The lowest BCUT2D eigenvalue weighted by Crippen LogP contribution is -2.32. The maximum atomic E-state index is 13.1. The van der Waals surface area contributed by atoms with Crippen LogP contribution in [0.15, 0.2) is 53.2 Å². The van der Waals surface area contributed by atoms with Gasteiger partial charge in [0.15, 0.2) is 0 Å². The van der Waals surface area contributed by atoms with Crippen molar-refractivity contribution in [1.29, 1.82) is 0 Å². The molecule has 0 saturated carbocycles. The Morgan fingerprint density at radius 2 is 1.75 bits per heavy atom. The molecule has 1 heterocycles. The standard InChI is InChI=1S/C23H23ClN2O6/c1-4-5-12-32-23(29)14-6-8-15(9-7-14)25-20-19(24)21(27)26(22(20)28)17-13-16(30-2)10-11-18(17)31-3/h6-11,13,25H,4-5,12H2,1-3H3. The molecule has 9 heteroatoms. The lowest BCUT2D eigenvalue weighted by Gasteiger charge is -2.19. The predicted octanol–water partition coefficient (Wildman–Crippen LogP) is 4.10. The average Bonchev–Trinajstić information content (AvgIpc) is 3.02. The molecule has 0 fully saturated rings. The van der Waals surface area contributed by atoms with E-state index in [0.717, 1.165) is 17.7 Å². The van der Waals surface area contributed by atoms with Crippen molar-refractivity contribution >= 4 is 40.8 Å². The van der Waals surface area contributed by atoms with Gasteiger partial charge in [-0.15, -0.1) is 0 Å². The lowest BCUT2D eigenvalue weighted by atomic mass is 10.2. The first-order valence-electron chi connectivity index (χ1n) is 9.96. The molecule has 1 N–H and O–H groups in total.